The lowest BCUT2D eigenvalue weighted by Crippen LogP contribution is -2.53. The number of H-pyrrole nitrogens is 1. The van der Waals surface area contributed by atoms with Crippen molar-refractivity contribution in [2.24, 2.45) is 5.92 Å². The molecule has 1 unspecified atom stereocenters. The summed E-state index contributed by atoms with van der Waals surface area (Å²) in [5, 5.41) is 2.07. The van der Waals surface area contributed by atoms with Crippen molar-refractivity contribution in [3.05, 3.63) is 100 Å². The zero-order valence-electron chi connectivity index (χ0n) is 19.0. The van der Waals surface area contributed by atoms with E-state index in [1.165, 1.54) is 27.8 Å². The van der Waals surface area contributed by atoms with Gasteiger partial charge < -0.3 is 9.72 Å². The van der Waals surface area contributed by atoms with Crippen molar-refractivity contribution in [3.63, 3.8) is 0 Å². The van der Waals surface area contributed by atoms with E-state index in [1.807, 2.05) is 12.1 Å². The molecule has 1 saturated heterocycles. The van der Waals surface area contributed by atoms with E-state index in [0.29, 0.717) is 5.92 Å². The van der Waals surface area contributed by atoms with Gasteiger partial charge in [0.15, 0.2) is 0 Å². The number of aromatic nitrogens is 1. The predicted molar refractivity (Wildman–Crippen MR) is 135 cm³/mol. The summed E-state index contributed by atoms with van der Waals surface area (Å²) in [4.78, 5) is 6.37. The number of piperidine rings is 1. The van der Waals surface area contributed by atoms with Gasteiger partial charge in [0.2, 0.25) is 0 Å². The third-order valence-corrected chi connectivity index (χ3v) is 8.25. The molecule has 1 fully saturated rings. The molecule has 2 aliphatic rings. The van der Waals surface area contributed by atoms with Crippen LogP contribution in [0.25, 0.3) is 10.9 Å². The number of likely N-dealkylation sites (tertiary alicyclic amines) is 1. The van der Waals surface area contributed by atoms with E-state index < -0.39 is 0 Å². The summed E-state index contributed by atoms with van der Waals surface area (Å²) < 4.78 is 5.62. The van der Waals surface area contributed by atoms with Gasteiger partial charge in [0.05, 0.1) is 12.1 Å². The number of rotatable bonds is 4. The summed E-state index contributed by atoms with van der Waals surface area (Å²) in [5.41, 5.74) is 6.82. The van der Waals surface area contributed by atoms with Crippen molar-refractivity contribution in [1.82, 2.24) is 9.88 Å². The van der Waals surface area contributed by atoms with Gasteiger partial charge in [-0.05, 0) is 72.7 Å². The van der Waals surface area contributed by atoms with E-state index in [1.54, 1.807) is 7.11 Å². The molecule has 0 radical (unpaired) electrons. The largest absolute Gasteiger partial charge is 0.497 e. The molecule has 1 N–H and O–H groups in total. The highest BCUT2D eigenvalue weighted by Gasteiger charge is 2.48. The van der Waals surface area contributed by atoms with E-state index in [9.17, 15) is 0 Å². The molecule has 1 aromatic heterocycles. The second-order valence-electron chi connectivity index (χ2n) is 9.68. The van der Waals surface area contributed by atoms with Crippen LogP contribution in [0, 0.1) is 5.92 Å². The highest BCUT2D eigenvalue weighted by Crippen LogP contribution is 2.50. The van der Waals surface area contributed by atoms with Gasteiger partial charge in [0.25, 0.3) is 0 Å². The van der Waals surface area contributed by atoms with Crippen LogP contribution in [0.5, 0.6) is 5.75 Å². The van der Waals surface area contributed by atoms with Crippen LogP contribution in [0.2, 0.25) is 5.02 Å². The number of benzene rings is 3. The summed E-state index contributed by atoms with van der Waals surface area (Å²) in [6, 6.07) is 25.8. The molecule has 3 aromatic carbocycles. The first-order valence-corrected chi connectivity index (χ1v) is 12.2. The molecule has 0 spiro atoms. The monoisotopic (exact) mass is 456 g/mol. The van der Waals surface area contributed by atoms with Crippen molar-refractivity contribution >= 4 is 22.5 Å². The highest BCUT2D eigenvalue weighted by molar-refractivity contribution is 6.35. The van der Waals surface area contributed by atoms with Gasteiger partial charge in [-0.25, -0.2) is 0 Å². The Kier molecular flexibility index (Phi) is 5.20. The van der Waals surface area contributed by atoms with E-state index >= 15 is 0 Å². The van der Waals surface area contributed by atoms with Crippen LogP contribution in [-0.2, 0) is 24.8 Å². The number of fused-ring (bicyclic) bond motifs is 4. The van der Waals surface area contributed by atoms with Gasteiger partial charge in [-0.2, -0.15) is 0 Å². The molecule has 0 amide bonds. The van der Waals surface area contributed by atoms with E-state index in [-0.39, 0.29) is 5.41 Å². The first-order valence-electron chi connectivity index (χ1n) is 11.8. The van der Waals surface area contributed by atoms with Gasteiger partial charge in [0.1, 0.15) is 5.75 Å². The Bertz CT molecular complexity index is 1300. The summed E-state index contributed by atoms with van der Waals surface area (Å²) >= 11 is 6.69. The number of ether oxygens (including phenoxy) is 1. The van der Waals surface area contributed by atoms with Crippen LogP contribution in [0.3, 0.4) is 0 Å². The normalized spacial score (nSPS) is 22.7. The first kappa shape index (κ1) is 20.8. The highest BCUT2D eigenvalue weighted by atomic mass is 35.5. The Hall–Kier alpha value is -2.75. The molecule has 4 heteroatoms. The lowest BCUT2D eigenvalue weighted by atomic mass is 9.58. The molecular weight excluding hydrogens is 428 g/mol. The van der Waals surface area contributed by atoms with Crippen molar-refractivity contribution in [3.8, 4) is 5.75 Å². The molecule has 168 valence electrons. The zero-order chi connectivity index (χ0) is 22.4. The van der Waals surface area contributed by atoms with Gasteiger partial charge in [-0.1, -0.05) is 60.1 Å². The molecule has 0 saturated carbocycles. The van der Waals surface area contributed by atoms with Gasteiger partial charge >= 0.3 is 0 Å². The Balaban J connectivity index is 1.42. The minimum absolute atomic E-state index is 0.0993. The summed E-state index contributed by atoms with van der Waals surface area (Å²) in [6.07, 6.45) is 3.20. The van der Waals surface area contributed by atoms with Crippen LogP contribution in [-0.4, -0.2) is 30.1 Å². The Morgan fingerprint density at radius 1 is 1.06 bits per heavy atom. The molecular formula is C29H29ClN2O. The Labute approximate surface area is 200 Å². The van der Waals surface area contributed by atoms with Crippen LogP contribution < -0.4 is 4.74 Å². The van der Waals surface area contributed by atoms with Gasteiger partial charge in [-0.15, -0.1) is 0 Å². The fourth-order valence-electron chi connectivity index (χ4n) is 6.29. The number of nitrogens with one attached hydrogen (secondary N) is 1. The van der Waals surface area contributed by atoms with E-state index in [4.69, 9.17) is 16.3 Å². The molecule has 1 aliphatic carbocycles. The quantitative estimate of drug-likeness (QED) is 0.385. The molecule has 3 nitrogen and oxygen atoms in total. The number of hydrogen-bond acceptors (Lipinski definition) is 2. The third kappa shape index (κ3) is 3.55. The smallest absolute Gasteiger partial charge is 0.119 e. The van der Waals surface area contributed by atoms with Crippen molar-refractivity contribution < 1.29 is 4.74 Å². The van der Waals surface area contributed by atoms with Crippen LogP contribution in [0.1, 0.15) is 28.8 Å². The minimum Gasteiger partial charge on any atom is -0.497 e. The molecule has 2 heterocycles. The SMILES string of the molecule is COc1cccc([C@@]23CCN(Cc4ccccc4)CC2Cc2c([nH]c4cccc(Cl)c24)C3)c1. The molecule has 1 aliphatic heterocycles. The molecule has 4 aromatic rings. The van der Waals surface area contributed by atoms with Crippen molar-refractivity contribution in [1.29, 1.82) is 0 Å². The zero-order valence-corrected chi connectivity index (χ0v) is 19.7. The average molecular weight is 457 g/mol. The second kappa shape index (κ2) is 8.23. The van der Waals surface area contributed by atoms with Crippen molar-refractivity contribution in [2.45, 2.75) is 31.2 Å². The first-order chi connectivity index (χ1) is 16.2. The number of hydrogen-bond donors (Lipinski definition) is 1. The standard InChI is InChI=1S/C29H29ClN2O/c1-33-23-10-5-9-21(15-23)29-13-14-32(18-20-7-3-2-4-8-20)19-22(29)16-24-27(17-29)31-26-12-6-11-25(30)28(24)26/h2-12,15,22,31H,13-14,16-19H2,1H3/t22?,29-/m0/s1. The maximum absolute atomic E-state index is 6.69. The lowest BCUT2D eigenvalue weighted by molar-refractivity contribution is 0.0765. The van der Waals surface area contributed by atoms with Crippen LogP contribution in [0.15, 0.2) is 72.8 Å². The maximum Gasteiger partial charge on any atom is 0.119 e. The van der Waals surface area contributed by atoms with Crippen LogP contribution in [0.4, 0.5) is 0 Å². The van der Waals surface area contributed by atoms with Gasteiger partial charge in [0, 0.05) is 35.1 Å². The lowest BCUT2D eigenvalue weighted by Gasteiger charge is -2.51. The third-order valence-electron chi connectivity index (χ3n) is 7.94. The minimum atomic E-state index is 0.0993. The average Bonchev–Trinajstić information content (AvgIpc) is 3.21. The van der Waals surface area contributed by atoms with Crippen LogP contribution >= 0.6 is 11.6 Å². The summed E-state index contributed by atoms with van der Waals surface area (Å²) in [6.45, 7) is 3.19. The van der Waals surface area contributed by atoms with Gasteiger partial charge in [-0.3, -0.25) is 4.90 Å². The fraction of sp³-hybridized carbons (Fsp3) is 0.310. The summed E-state index contributed by atoms with van der Waals surface area (Å²) in [5.74, 6) is 1.46. The molecule has 33 heavy (non-hydrogen) atoms. The fourth-order valence-corrected chi connectivity index (χ4v) is 6.58. The van der Waals surface area contributed by atoms with Crippen molar-refractivity contribution in [2.75, 3.05) is 20.2 Å². The number of halogens is 1. The topological polar surface area (TPSA) is 28.3 Å². The Morgan fingerprint density at radius 3 is 2.76 bits per heavy atom. The number of methoxy groups -OCH3 is 1. The van der Waals surface area contributed by atoms with E-state index in [0.717, 1.165) is 55.2 Å². The number of aromatic amines is 1. The molecule has 0 bridgehead atoms. The molecule has 6 rings (SSSR count). The number of nitrogens with zero attached hydrogens (tertiary/aromatic N) is 1. The molecule has 2 atom stereocenters. The van der Waals surface area contributed by atoms with E-state index in [2.05, 4.69) is 70.5 Å². The second-order valence-corrected chi connectivity index (χ2v) is 10.1. The predicted octanol–water partition coefficient (Wildman–Crippen LogP) is 6.39. The Morgan fingerprint density at radius 2 is 1.91 bits per heavy atom. The summed E-state index contributed by atoms with van der Waals surface area (Å²) in [7, 11) is 1.76. The maximum atomic E-state index is 6.69.